The van der Waals surface area contributed by atoms with Crippen LogP contribution in [0.4, 0.5) is 11.5 Å². The summed E-state index contributed by atoms with van der Waals surface area (Å²) in [5.74, 6) is 0.142. The number of nitrogen functional groups attached to an aromatic ring is 1. The molecule has 12 nitrogen and oxygen atoms in total. The SMILES string of the molecule is COc1cc([N+](=O)[O-])ccc1-c1ccc(C=NNC(=O)c2nonc2N)o1. The number of carbonyl (C=O) groups is 1. The number of carbonyl (C=O) groups excluding carboxylic acids is 1. The molecule has 0 radical (unpaired) electrons. The maximum Gasteiger partial charge on any atom is 0.297 e. The van der Waals surface area contributed by atoms with Gasteiger partial charge in [0.25, 0.3) is 11.6 Å². The van der Waals surface area contributed by atoms with E-state index in [9.17, 15) is 14.9 Å². The van der Waals surface area contributed by atoms with Crippen molar-refractivity contribution in [3.05, 3.63) is 51.9 Å². The van der Waals surface area contributed by atoms with Gasteiger partial charge in [-0.1, -0.05) is 0 Å². The first-order valence-electron chi connectivity index (χ1n) is 7.33. The fourth-order valence-electron chi connectivity index (χ4n) is 2.12. The van der Waals surface area contributed by atoms with Crippen molar-refractivity contribution in [2.75, 3.05) is 12.8 Å². The number of nitro benzene ring substituents is 1. The normalized spacial score (nSPS) is 10.9. The van der Waals surface area contributed by atoms with Gasteiger partial charge in [0.15, 0.2) is 0 Å². The van der Waals surface area contributed by atoms with E-state index in [0.717, 1.165) is 0 Å². The number of nitrogens with zero attached hydrogens (tertiary/aromatic N) is 4. The first-order chi connectivity index (χ1) is 13.0. The lowest BCUT2D eigenvalue weighted by molar-refractivity contribution is -0.384. The molecule has 0 atom stereocenters. The minimum atomic E-state index is -0.700. The van der Waals surface area contributed by atoms with Crippen molar-refractivity contribution >= 4 is 23.6 Å². The van der Waals surface area contributed by atoms with Crippen LogP contribution in [0, 0.1) is 10.1 Å². The van der Waals surface area contributed by atoms with E-state index in [1.165, 1.54) is 31.5 Å². The number of nitrogens with two attached hydrogens (primary N) is 1. The fraction of sp³-hybridized carbons (Fsp3) is 0.0667. The van der Waals surface area contributed by atoms with Gasteiger partial charge in [0.05, 0.1) is 29.9 Å². The molecule has 12 heteroatoms. The van der Waals surface area contributed by atoms with Crippen molar-refractivity contribution in [3.63, 3.8) is 0 Å². The Balaban J connectivity index is 1.74. The number of furan rings is 1. The number of nitro groups is 1. The van der Waals surface area contributed by atoms with Crippen LogP contribution in [0.25, 0.3) is 11.3 Å². The Morgan fingerprint density at radius 3 is 2.85 bits per heavy atom. The molecule has 0 unspecified atom stereocenters. The van der Waals surface area contributed by atoms with Crippen LogP contribution < -0.4 is 15.9 Å². The van der Waals surface area contributed by atoms with Crippen LogP contribution in [0.5, 0.6) is 5.75 Å². The zero-order valence-electron chi connectivity index (χ0n) is 13.8. The van der Waals surface area contributed by atoms with Crippen LogP contribution in [0.2, 0.25) is 0 Å². The number of rotatable bonds is 6. The van der Waals surface area contributed by atoms with Gasteiger partial charge in [-0.3, -0.25) is 14.9 Å². The Labute approximate surface area is 150 Å². The molecule has 2 aromatic heterocycles. The second-order valence-corrected chi connectivity index (χ2v) is 5.04. The van der Waals surface area contributed by atoms with E-state index < -0.39 is 10.8 Å². The number of benzene rings is 1. The molecule has 2 heterocycles. The standard InChI is InChI=1S/C15H12N6O6/c1-25-12-6-8(21(23)24)2-4-10(12)11-5-3-9(26-11)7-17-18-15(22)13-14(16)20-27-19-13/h2-7H,1H3,(H2,16,20)(H,18,22). The maximum absolute atomic E-state index is 11.7. The van der Waals surface area contributed by atoms with Crippen molar-refractivity contribution in [1.82, 2.24) is 15.7 Å². The van der Waals surface area contributed by atoms with E-state index in [1.54, 1.807) is 12.1 Å². The molecule has 1 amide bonds. The number of hydrogen-bond acceptors (Lipinski definition) is 10. The number of anilines is 1. The Morgan fingerprint density at radius 1 is 1.37 bits per heavy atom. The van der Waals surface area contributed by atoms with Gasteiger partial charge in [-0.05, 0) is 28.5 Å². The number of methoxy groups -OCH3 is 1. The summed E-state index contributed by atoms with van der Waals surface area (Å²) in [6.07, 6.45) is 1.25. The molecule has 27 heavy (non-hydrogen) atoms. The third kappa shape index (κ3) is 3.73. The molecular formula is C15H12N6O6. The summed E-state index contributed by atoms with van der Waals surface area (Å²) in [4.78, 5) is 22.1. The van der Waals surface area contributed by atoms with Gasteiger partial charge in [0.1, 0.15) is 17.3 Å². The Morgan fingerprint density at radius 2 is 2.19 bits per heavy atom. The van der Waals surface area contributed by atoms with E-state index >= 15 is 0 Å². The lowest BCUT2D eigenvalue weighted by atomic mass is 10.1. The molecule has 0 aliphatic rings. The topological polar surface area (TPSA) is 172 Å². The number of amides is 1. The highest BCUT2D eigenvalue weighted by atomic mass is 16.6. The average Bonchev–Trinajstić information content (AvgIpc) is 3.30. The van der Waals surface area contributed by atoms with Gasteiger partial charge in [-0.25, -0.2) is 10.1 Å². The summed E-state index contributed by atoms with van der Waals surface area (Å²) in [6.45, 7) is 0. The number of aromatic nitrogens is 2. The fourth-order valence-corrected chi connectivity index (χ4v) is 2.12. The van der Waals surface area contributed by atoms with Crippen molar-refractivity contribution in [2.45, 2.75) is 0 Å². The number of nitrogens with one attached hydrogen (secondary N) is 1. The van der Waals surface area contributed by atoms with Crippen LogP contribution in [-0.2, 0) is 0 Å². The molecule has 3 rings (SSSR count). The maximum atomic E-state index is 11.7. The molecule has 1 aromatic carbocycles. The van der Waals surface area contributed by atoms with Gasteiger partial charge >= 0.3 is 0 Å². The van der Waals surface area contributed by atoms with E-state index in [4.69, 9.17) is 14.9 Å². The Hall–Kier alpha value is -4.22. The van der Waals surface area contributed by atoms with Crippen LogP contribution in [0.3, 0.4) is 0 Å². The third-order valence-corrected chi connectivity index (χ3v) is 3.38. The summed E-state index contributed by atoms with van der Waals surface area (Å²) in [5, 5.41) is 21.2. The molecule has 0 fully saturated rings. The van der Waals surface area contributed by atoms with Gasteiger partial charge in [0.2, 0.25) is 11.5 Å². The summed E-state index contributed by atoms with van der Waals surface area (Å²) < 4.78 is 15.1. The number of hydrazone groups is 1. The van der Waals surface area contributed by atoms with Crippen molar-refractivity contribution in [3.8, 4) is 17.1 Å². The lowest BCUT2D eigenvalue weighted by Gasteiger charge is -2.05. The van der Waals surface area contributed by atoms with Gasteiger partial charge in [0, 0.05) is 6.07 Å². The molecule has 0 bridgehead atoms. The van der Waals surface area contributed by atoms with Crippen LogP contribution in [0.1, 0.15) is 16.2 Å². The Bertz CT molecular complexity index is 1020. The zero-order valence-corrected chi connectivity index (χ0v) is 13.8. The van der Waals surface area contributed by atoms with Crippen LogP contribution >= 0.6 is 0 Å². The molecule has 0 aliphatic carbocycles. The first-order valence-corrected chi connectivity index (χ1v) is 7.33. The first kappa shape index (κ1) is 17.6. The molecular weight excluding hydrogens is 360 g/mol. The predicted octanol–water partition coefficient (Wildman–Crippen LogP) is 1.59. The monoisotopic (exact) mass is 372 g/mol. The van der Waals surface area contributed by atoms with E-state index in [2.05, 4.69) is 25.5 Å². The van der Waals surface area contributed by atoms with E-state index in [-0.39, 0.29) is 22.9 Å². The molecule has 0 saturated carbocycles. The molecule has 0 spiro atoms. The third-order valence-electron chi connectivity index (χ3n) is 3.38. The Kier molecular flexibility index (Phi) is 4.79. The predicted molar refractivity (Wildman–Crippen MR) is 91.1 cm³/mol. The molecule has 138 valence electrons. The summed E-state index contributed by atoms with van der Waals surface area (Å²) in [6, 6.07) is 7.37. The van der Waals surface area contributed by atoms with Gasteiger partial charge in [-0.15, -0.1) is 0 Å². The second kappa shape index (κ2) is 7.35. The minimum Gasteiger partial charge on any atom is -0.496 e. The highest BCUT2D eigenvalue weighted by molar-refractivity contribution is 5.96. The lowest BCUT2D eigenvalue weighted by Crippen LogP contribution is -2.19. The summed E-state index contributed by atoms with van der Waals surface area (Å²) >= 11 is 0. The number of hydrogen-bond donors (Lipinski definition) is 2. The minimum absolute atomic E-state index is 0.103. The van der Waals surface area contributed by atoms with Crippen molar-refractivity contribution < 1.29 is 23.5 Å². The molecule has 3 N–H and O–H groups in total. The highest BCUT2D eigenvalue weighted by Gasteiger charge is 2.16. The number of ether oxygens (including phenoxy) is 1. The summed E-state index contributed by atoms with van der Waals surface area (Å²) in [5.41, 5.74) is 7.82. The average molecular weight is 372 g/mol. The largest absolute Gasteiger partial charge is 0.496 e. The van der Waals surface area contributed by atoms with Gasteiger partial charge in [-0.2, -0.15) is 5.10 Å². The number of non-ortho nitro benzene ring substituents is 1. The van der Waals surface area contributed by atoms with Crippen molar-refractivity contribution in [1.29, 1.82) is 0 Å². The van der Waals surface area contributed by atoms with E-state index in [0.29, 0.717) is 17.1 Å². The quantitative estimate of drug-likeness (QED) is 0.370. The second-order valence-electron chi connectivity index (χ2n) is 5.04. The van der Waals surface area contributed by atoms with Crippen LogP contribution in [0.15, 0.2) is 44.5 Å². The highest BCUT2D eigenvalue weighted by Crippen LogP contribution is 2.33. The molecule has 0 saturated heterocycles. The summed E-state index contributed by atoms with van der Waals surface area (Å²) in [7, 11) is 1.40. The van der Waals surface area contributed by atoms with Gasteiger partial charge < -0.3 is 14.9 Å². The zero-order chi connectivity index (χ0) is 19.4. The van der Waals surface area contributed by atoms with Crippen LogP contribution in [-0.4, -0.2) is 34.5 Å². The van der Waals surface area contributed by atoms with E-state index in [1.807, 2.05) is 0 Å². The smallest absolute Gasteiger partial charge is 0.297 e. The molecule has 0 aliphatic heterocycles. The molecule has 3 aromatic rings. The van der Waals surface area contributed by atoms with Crippen molar-refractivity contribution in [2.24, 2.45) is 5.10 Å².